The van der Waals surface area contributed by atoms with Crippen LogP contribution >= 0.6 is 0 Å². The minimum atomic E-state index is -0.140. The van der Waals surface area contributed by atoms with Crippen LogP contribution in [0.25, 0.3) is 16.5 Å². The van der Waals surface area contributed by atoms with Gasteiger partial charge in [-0.05, 0) is 56.5 Å². The Balaban J connectivity index is 1.78. The van der Waals surface area contributed by atoms with Crippen molar-refractivity contribution in [3.05, 3.63) is 41.6 Å². The fourth-order valence-corrected chi connectivity index (χ4v) is 4.96. The first-order chi connectivity index (χ1) is 14.5. The number of aromatic nitrogens is 1. The maximum Gasteiger partial charge on any atom is 0.231 e. The molecule has 2 atom stereocenters. The predicted octanol–water partition coefficient (Wildman–Crippen LogP) is 3.82. The van der Waals surface area contributed by atoms with Crippen LogP contribution in [0.1, 0.15) is 50.9 Å². The Morgan fingerprint density at radius 3 is 2.79 bits per heavy atom. The van der Waals surface area contributed by atoms with Gasteiger partial charge in [0.15, 0.2) is 0 Å². The maximum absolute atomic E-state index is 13.1. The summed E-state index contributed by atoms with van der Waals surface area (Å²) in [6, 6.07) is 6.37. The van der Waals surface area contributed by atoms with Gasteiger partial charge in [-0.1, -0.05) is 25.1 Å². The van der Waals surface area contributed by atoms with Crippen molar-refractivity contribution in [2.45, 2.75) is 46.1 Å². The first-order valence-corrected chi connectivity index (χ1v) is 10.7. The third-order valence-corrected chi connectivity index (χ3v) is 6.44. The minimum absolute atomic E-state index is 0.0532. The second-order valence-electron chi connectivity index (χ2n) is 8.12. The van der Waals surface area contributed by atoms with Crippen LogP contribution in [0.4, 0.5) is 0 Å². The van der Waals surface area contributed by atoms with Gasteiger partial charge in [-0.25, -0.2) is 0 Å². The third-order valence-electron chi connectivity index (χ3n) is 6.44. The second kappa shape index (κ2) is 7.79. The van der Waals surface area contributed by atoms with Crippen LogP contribution in [0.5, 0.6) is 0 Å². The molecule has 1 aromatic heterocycles. The number of hydrogen-bond donors (Lipinski definition) is 0. The molecule has 2 aromatic rings. The molecule has 1 aliphatic heterocycles. The van der Waals surface area contributed by atoms with Crippen molar-refractivity contribution in [2.24, 2.45) is 5.92 Å². The van der Waals surface area contributed by atoms with E-state index in [1.807, 2.05) is 37.1 Å². The summed E-state index contributed by atoms with van der Waals surface area (Å²) in [5, 5.41) is 1.14. The van der Waals surface area contributed by atoms with Crippen molar-refractivity contribution in [3.8, 4) is 0 Å². The Morgan fingerprint density at radius 2 is 2.07 bits per heavy atom. The number of fused-ring (bicyclic) bond motifs is 2. The van der Waals surface area contributed by atoms with E-state index in [0.29, 0.717) is 12.8 Å². The van der Waals surface area contributed by atoms with Crippen LogP contribution in [0, 0.1) is 5.92 Å². The monoisotopic (exact) mass is 394 g/mol. The van der Waals surface area contributed by atoms with Crippen molar-refractivity contribution in [1.29, 1.82) is 0 Å². The van der Waals surface area contributed by atoms with Gasteiger partial charge in [0.2, 0.25) is 11.8 Å². The van der Waals surface area contributed by atoms with Crippen LogP contribution in [-0.4, -0.2) is 58.9 Å². The fourth-order valence-electron chi connectivity index (χ4n) is 4.96. The lowest BCUT2D eigenvalue weighted by atomic mass is 9.79. The van der Waals surface area contributed by atoms with Crippen molar-refractivity contribution in [3.63, 3.8) is 0 Å². The molecule has 1 amide bonds. The molecule has 0 saturated carbocycles. The summed E-state index contributed by atoms with van der Waals surface area (Å²) >= 11 is 0. The van der Waals surface area contributed by atoms with Crippen molar-refractivity contribution < 1.29 is 11.0 Å². The lowest BCUT2D eigenvalue weighted by Crippen LogP contribution is -2.47. The van der Waals surface area contributed by atoms with Crippen molar-refractivity contribution in [1.82, 2.24) is 14.4 Å². The van der Waals surface area contributed by atoms with E-state index in [1.165, 1.54) is 11.1 Å². The summed E-state index contributed by atoms with van der Waals surface area (Å²) in [4.78, 5) is 30.0. The van der Waals surface area contributed by atoms with Gasteiger partial charge in [-0.3, -0.25) is 19.1 Å². The number of rotatable bonds is 5. The molecule has 5 heteroatoms. The largest absolute Gasteiger partial charge is 0.343 e. The van der Waals surface area contributed by atoms with Gasteiger partial charge in [0, 0.05) is 45.1 Å². The summed E-state index contributed by atoms with van der Waals surface area (Å²) in [5.74, 6) is 0.107. The van der Waals surface area contributed by atoms with E-state index >= 15 is 0 Å². The van der Waals surface area contributed by atoms with E-state index in [2.05, 4.69) is 24.1 Å². The Labute approximate surface area is 174 Å². The Morgan fingerprint density at radius 1 is 1.28 bits per heavy atom. The zero-order chi connectivity index (χ0) is 21.4. The van der Waals surface area contributed by atoms with E-state index in [9.17, 15) is 9.59 Å². The molecular weight excluding hydrogens is 362 g/mol. The van der Waals surface area contributed by atoms with E-state index in [-0.39, 0.29) is 30.7 Å². The molecule has 0 N–H and O–H groups in total. The van der Waals surface area contributed by atoms with Gasteiger partial charge in [-0.15, -0.1) is 0 Å². The van der Waals surface area contributed by atoms with E-state index in [0.717, 1.165) is 42.5 Å². The van der Waals surface area contributed by atoms with Gasteiger partial charge < -0.3 is 4.90 Å². The zero-order valence-electron chi connectivity index (χ0n) is 18.6. The van der Waals surface area contributed by atoms with Crippen LogP contribution in [0.3, 0.4) is 0 Å². The minimum Gasteiger partial charge on any atom is -0.343 e. The molecule has 154 valence electrons. The van der Waals surface area contributed by atoms with Crippen molar-refractivity contribution >= 4 is 28.3 Å². The highest BCUT2D eigenvalue weighted by molar-refractivity contribution is 6.03. The number of amides is 1. The Bertz CT molecular complexity index is 1010. The fraction of sp³-hybridized carbons (Fsp3) is 0.500. The Kier molecular flexibility index (Phi) is 5.00. The number of carbonyl (C=O) groups excluding carboxylic acids is 2. The molecule has 0 bridgehead atoms. The molecule has 0 fully saturated rings. The standard InChI is InChI=1S/C24H31N3O2/c1-5-9-22(28)27-15-16-13-21-19(18-10-8-11-20(27)23(16)18)12-17(14-25(21)4)24(29)26(6-2)7-3/h8,10-12,15,17,21H,5-7,9,13-14H2,1-4H3/t17-,21-/m1/s1/i1D. The lowest BCUT2D eigenvalue weighted by Gasteiger charge is -2.40. The maximum atomic E-state index is 13.1. The number of hydrogen-bond acceptors (Lipinski definition) is 3. The highest BCUT2D eigenvalue weighted by Gasteiger charge is 2.37. The molecule has 0 unspecified atom stereocenters. The molecule has 0 saturated heterocycles. The smallest absolute Gasteiger partial charge is 0.231 e. The average molecular weight is 395 g/mol. The third kappa shape index (κ3) is 3.21. The molecule has 0 spiro atoms. The molecule has 1 aromatic carbocycles. The molecule has 0 radical (unpaired) electrons. The highest BCUT2D eigenvalue weighted by Crippen LogP contribution is 2.41. The second-order valence-corrected chi connectivity index (χ2v) is 8.12. The Hall–Kier alpha value is -2.40. The van der Waals surface area contributed by atoms with Gasteiger partial charge in [0.25, 0.3) is 0 Å². The van der Waals surface area contributed by atoms with Gasteiger partial charge in [0.05, 0.1) is 11.4 Å². The van der Waals surface area contributed by atoms with E-state index in [4.69, 9.17) is 1.37 Å². The number of nitrogens with zero attached hydrogens (tertiary/aromatic N) is 3. The van der Waals surface area contributed by atoms with Gasteiger partial charge >= 0.3 is 0 Å². The van der Waals surface area contributed by atoms with Crippen molar-refractivity contribution in [2.75, 3.05) is 26.7 Å². The van der Waals surface area contributed by atoms with Crippen LogP contribution in [0.15, 0.2) is 30.5 Å². The van der Waals surface area contributed by atoms with Gasteiger partial charge in [-0.2, -0.15) is 0 Å². The molecular formula is C24H31N3O2. The molecule has 2 aliphatic rings. The zero-order valence-corrected chi connectivity index (χ0v) is 17.6. The normalized spacial score (nSPS) is 21.5. The predicted molar refractivity (Wildman–Crippen MR) is 117 cm³/mol. The summed E-state index contributed by atoms with van der Waals surface area (Å²) < 4.78 is 9.12. The first kappa shape index (κ1) is 18.6. The summed E-state index contributed by atoms with van der Waals surface area (Å²) in [5.41, 5.74) is 4.50. The molecule has 5 nitrogen and oxygen atoms in total. The SMILES string of the molecule is [2H]CCCC(=O)n1cc2c3c(cccc31)C1=C[C@@H](C(=O)N(CC)CC)CN(C)[C@@H]1C2. The lowest BCUT2D eigenvalue weighted by molar-refractivity contribution is -0.134. The number of carbonyl (C=O) groups is 2. The van der Waals surface area contributed by atoms with Gasteiger partial charge in [0.1, 0.15) is 0 Å². The summed E-state index contributed by atoms with van der Waals surface area (Å²) in [6.45, 7) is 6.50. The van der Waals surface area contributed by atoms with Crippen LogP contribution < -0.4 is 0 Å². The molecule has 29 heavy (non-hydrogen) atoms. The topological polar surface area (TPSA) is 45.6 Å². The summed E-state index contributed by atoms with van der Waals surface area (Å²) in [6.07, 6.45) is 6.00. The molecule has 1 aliphatic carbocycles. The summed E-state index contributed by atoms with van der Waals surface area (Å²) in [7, 11) is 2.10. The van der Waals surface area contributed by atoms with Crippen LogP contribution in [-0.2, 0) is 11.2 Å². The highest BCUT2D eigenvalue weighted by atomic mass is 16.2. The van der Waals surface area contributed by atoms with E-state index in [1.54, 1.807) is 4.57 Å². The first-order valence-electron chi connectivity index (χ1n) is 11.4. The average Bonchev–Trinajstić information content (AvgIpc) is 3.13. The number of benzene rings is 1. The van der Waals surface area contributed by atoms with E-state index < -0.39 is 0 Å². The number of likely N-dealkylation sites (N-methyl/N-ethyl adjacent to an activating group) is 1. The quantitative estimate of drug-likeness (QED) is 0.774. The molecule has 2 heterocycles. The van der Waals surface area contributed by atoms with Crippen LogP contribution in [0.2, 0.25) is 0 Å². The molecule has 4 rings (SSSR count).